The van der Waals surface area contributed by atoms with Crippen LogP contribution in [0.2, 0.25) is 0 Å². The summed E-state index contributed by atoms with van der Waals surface area (Å²) in [6.07, 6.45) is -5.99. The summed E-state index contributed by atoms with van der Waals surface area (Å²) in [4.78, 5) is 4.82. The van der Waals surface area contributed by atoms with Crippen molar-refractivity contribution in [1.82, 2.24) is 9.80 Å². The molecule has 1 aliphatic carbocycles. The summed E-state index contributed by atoms with van der Waals surface area (Å²) in [7, 11) is 2.11. The minimum absolute atomic E-state index is 0.133. The van der Waals surface area contributed by atoms with Crippen molar-refractivity contribution in [2.24, 2.45) is 0 Å². The van der Waals surface area contributed by atoms with Crippen molar-refractivity contribution < 1.29 is 31.1 Å². The molecule has 9 heteroatoms. The number of hydrogen-bond donors (Lipinski definition) is 0. The van der Waals surface area contributed by atoms with E-state index < -0.39 is 23.5 Å². The SMILES string of the molecule is CN1CCN(C2CCCC(COCc3cc(C(F)(F)F)cc(C(F)(F)F)c3)(c3ccccc3)C2)CC1. The molecule has 1 saturated carbocycles. The molecular weight excluding hydrogens is 482 g/mol. The van der Waals surface area contributed by atoms with E-state index in [1.54, 1.807) is 0 Å². The van der Waals surface area contributed by atoms with E-state index in [0.29, 0.717) is 6.04 Å². The van der Waals surface area contributed by atoms with Crippen LogP contribution in [0.25, 0.3) is 0 Å². The lowest BCUT2D eigenvalue weighted by atomic mass is 9.68. The Bertz CT molecular complexity index is 969. The number of piperazine rings is 1. The predicted molar refractivity (Wildman–Crippen MR) is 126 cm³/mol. The Labute approximate surface area is 208 Å². The van der Waals surface area contributed by atoms with Crippen LogP contribution in [-0.2, 0) is 29.1 Å². The fraction of sp³-hybridized carbons (Fsp3) is 0.556. The zero-order valence-electron chi connectivity index (χ0n) is 20.3. The normalized spacial score (nSPS) is 24.7. The first-order valence-corrected chi connectivity index (χ1v) is 12.3. The van der Waals surface area contributed by atoms with E-state index in [1.165, 1.54) is 0 Å². The van der Waals surface area contributed by atoms with Crippen molar-refractivity contribution in [2.45, 2.75) is 56.1 Å². The summed E-state index contributed by atoms with van der Waals surface area (Å²) in [5.41, 5.74) is -2.01. The number of alkyl halides is 6. The lowest BCUT2D eigenvalue weighted by Gasteiger charge is -2.47. The highest BCUT2D eigenvalue weighted by Gasteiger charge is 2.41. The Hall–Kier alpha value is -2.10. The number of benzene rings is 2. The van der Waals surface area contributed by atoms with E-state index in [-0.39, 0.29) is 30.3 Å². The lowest BCUT2D eigenvalue weighted by Crippen LogP contribution is -2.53. The summed E-state index contributed by atoms with van der Waals surface area (Å²) in [5.74, 6) is 0. The molecule has 2 aliphatic rings. The van der Waals surface area contributed by atoms with Crippen LogP contribution in [0.3, 0.4) is 0 Å². The first kappa shape index (κ1) is 26.9. The maximum atomic E-state index is 13.3. The van der Waals surface area contributed by atoms with Crippen molar-refractivity contribution >= 4 is 0 Å². The molecule has 1 aliphatic heterocycles. The summed E-state index contributed by atoms with van der Waals surface area (Å²) < 4.78 is 85.5. The monoisotopic (exact) mass is 514 g/mol. The molecule has 1 saturated heterocycles. The standard InChI is InChI=1S/C27H32F6N2O/c1-34-10-12-35(13-11-34)24-8-5-9-25(17-24,21-6-3-2-4-7-21)19-36-18-20-14-22(26(28,29)30)16-23(15-20)27(31,32)33/h2-4,6-7,14-16,24H,5,8-13,17-19H2,1H3. The molecule has 2 unspecified atom stereocenters. The van der Waals surface area contributed by atoms with E-state index in [1.807, 2.05) is 30.3 Å². The van der Waals surface area contributed by atoms with Crippen LogP contribution in [-0.4, -0.2) is 55.7 Å². The molecule has 0 N–H and O–H groups in total. The molecule has 4 rings (SSSR count). The van der Waals surface area contributed by atoms with Gasteiger partial charge in [0.1, 0.15) is 0 Å². The molecule has 0 spiro atoms. The highest BCUT2D eigenvalue weighted by Crippen LogP contribution is 2.42. The van der Waals surface area contributed by atoms with E-state index in [4.69, 9.17) is 4.74 Å². The minimum Gasteiger partial charge on any atom is -0.376 e. The molecule has 0 amide bonds. The first-order valence-electron chi connectivity index (χ1n) is 12.3. The molecule has 3 nitrogen and oxygen atoms in total. The van der Waals surface area contributed by atoms with Gasteiger partial charge in [-0.15, -0.1) is 0 Å². The molecule has 0 aromatic heterocycles. The van der Waals surface area contributed by atoms with Gasteiger partial charge in [-0.25, -0.2) is 0 Å². The second kappa shape index (κ2) is 10.7. The van der Waals surface area contributed by atoms with Crippen LogP contribution in [0.15, 0.2) is 48.5 Å². The molecule has 2 atom stereocenters. The van der Waals surface area contributed by atoms with Crippen molar-refractivity contribution in [3.05, 3.63) is 70.8 Å². The number of ether oxygens (including phenoxy) is 1. The maximum absolute atomic E-state index is 13.3. The van der Waals surface area contributed by atoms with Gasteiger partial charge in [0, 0.05) is 37.6 Å². The third-order valence-electron chi connectivity index (χ3n) is 7.55. The van der Waals surface area contributed by atoms with Crippen LogP contribution in [0.4, 0.5) is 26.3 Å². The topological polar surface area (TPSA) is 15.7 Å². The molecule has 0 radical (unpaired) electrons. The number of halogens is 6. The number of likely N-dealkylation sites (N-methyl/N-ethyl adjacent to an activating group) is 1. The maximum Gasteiger partial charge on any atom is 0.416 e. The minimum atomic E-state index is -4.87. The fourth-order valence-electron chi connectivity index (χ4n) is 5.57. The smallest absolute Gasteiger partial charge is 0.376 e. The van der Waals surface area contributed by atoms with Gasteiger partial charge in [0.05, 0.1) is 24.3 Å². The number of rotatable bonds is 6. The zero-order valence-corrected chi connectivity index (χ0v) is 20.3. The van der Waals surface area contributed by atoms with Crippen LogP contribution < -0.4 is 0 Å². The van der Waals surface area contributed by atoms with Crippen LogP contribution in [0.1, 0.15) is 47.9 Å². The Kier molecular flexibility index (Phi) is 8.02. The fourth-order valence-corrected chi connectivity index (χ4v) is 5.57. The second-order valence-electron chi connectivity index (χ2n) is 10.1. The van der Waals surface area contributed by atoms with Gasteiger partial charge in [0.25, 0.3) is 0 Å². The Balaban J connectivity index is 1.54. The molecule has 2 fully saturated rings. The lowest BCUT2D eigenvalue weighted by molar-refractivity contribution is -0.143. The van der Waals surface area contributed by atoms with E-state index >= 15 is 0 Å². The zero-order chi connectivity index (χ0) is 26.0. The van der Waals surface area contributed by atoms with Gasteiger partial charge in [0.2, 0.25) is 0 Å². The quantitative estimate of drug-likeness (QED) is 0.417. The Morgan fingerprint density at radius 2 is 1.50 bits per heavy atom. The third-order valence-corrected chi connectivity index (χ3v) is 7.55. The highest BCUT2D eigenvalue weighted by atomic mass is 19.4. The van der Waals surface area contributed by atoms with Gasteiger partial charge in [-0.2, -0.15) is 26.3 Å². The molecule has 36 heavy (non-hydrogen) atoms. The van der Waals surface area contributed by atoms with Crippen LogP contribution in [0, 0.1) is 0 Å². The Morgan fingerprint density at radius 3 is 2.08 bits per heavy atom. The highest BCUT2D eigenvalue weighted by molar-refractivity contribution is 5.33. The summed E-state index contributed by atoms with van der Waals surface area (Å²) in [5, 5.41) is 0. The van der Waals surface area contributed by atoms with E-state index in [9.17, 15) is 26.3 Å². The third kappa shape index (κ3) is 6.42. The predicted octanol–water partition coefficient (Wildman–Crippen LogP) is 6.37. The number of nitrogens with zero attached hydrogens (tertiary/aromatic N) is 2. The molecule has 2 aromatic carbocycles. The van der Waals surface area contributed by atoms with Gasteiger partial charge >= 0.3 is 12.4 Å². The molecular formula is C27H32F6N2O. The molecule has 1 heterocycles. The summed E-state index contributed by atoms with van der Waals surface area (Å²) in [6, 6.07) is 11.9. The molecule has 198 valence electrons. The van der Waals surface area contributed by atoms with E-state index in [0.717, 1.165) is 69.6 Å². The van der Waals surface area contributed by atoms with Gasteiger partial charge < -0.3 is 9.64 Å². The van der Waals surface area contributed by atoms with E-state index in [2.05, 4.69) is 16.8 Å². The summed E-state index contributed by atoms with van der Waals surface area (Å²) >= 11 is 0. The number of hydrogen-bond acceptors (Lipinski definition) is 3. The van der Waals surface area contributed by atoms with Gasteiger partial charge in [-0.1, -0.05) is 36.8 Å². The average Bonchev–Trinajstić information content (AvgIpc) is 2.84. The van der Waals surface area contributed by atoms with Crippen molar-refractivity contribution in [3.8, 4) is 0 Å². The van der Waals surface area contributed by atoms with Crippen LogP contribution in [0.5, 0.6) is 0 Å². The average molecular weight is 515 g/mol. The van der Waals surface area contributed by atoms with Gasteiger partial charge in [-0.05, 0) is 55.6 Å². The van der Waals surface area contributed by atoms with Crippen molar-refractivity contribution in [3.63, 3.8) is 0 Å². The van der Waals surface area contributed by atoms with Crippen molar-refractivity contribution in [2.75, 3.05) is 39.8 Å². The Morgan fingerprint density at radius 1 is 0.889 bits per heavy atom. The van der Waals surface area contributed by atoms with Crippen LogP contribution >= 0.6 is 0 Å². The molecule has 0 bridgehead atoms. The van der Waals surface area contributed by atoms with Gasteiger partial charge in [0.15, 0.2) is 0 Å². The van der Waals surface area contributed by atoms with Gasteiger partial charge in [-0.3, -0.25) is 4.90 Å². The molecule has 2 aromatic rings. The summed E-state index contributed by atoms with van der Waals surface area (Å²) in [6.45, 7) is 3.89. The van der Waals surface area contributed by atoms with Crippen molar-refractivity contribution in [1.29, 1.82) is 0 Å². The second-order valence-corrected chi connectivity index (χ2v) is 10.1. The largest absolute Gasteiger partial charge is 0.416 e. The first-order chi connectivity index (χ1) is 17.0.